The zero-order chi connectivity index (χ0) is 23.8. The van der Waals surface area contributed by atoms with E-state index in [1.54, 1.807) is 20.8 Å². The number of carbonyl (C=O) groups excluding carboxylic acids is 2. The summed E-state index contributed by atoms with van der Waals surface area (Å²) in [6, 6.07) is 14.9. The molecule has 0 unspecified atom stereocenters. The summed E-state index contributed by atoms with van der Waals surface area (Å²) in [6.07, 6.45) is 3.66. The quantitative estimate of drug-likeness (QED) is 0.465. The molecule has 7 nitrogen and oxygen atoms in total. The average Bonchev–Trinajstić information content (AvgIpc) is 3.27. The maximum absolute atomic E-state index is 13.4. The monoisotopic (exact) mass is 446 g/mol. The number of para-hydroxylation sites is 1. The molecule has 7 heteroatoms. The number of nitrogens with zero attached hydrogens (tertiary/aromatic N) is 2. The second-order valence-corrected chi connectivity index (χ2v) is 9.34. The standard InChI is InChI=1S/C26H30N4O3/c1-26(2,3)33-25(32)28-21(15-17-16-30(5)22-11-7-6-9-18(17)22)24(31)27-20-10-8-12-23-19(20)13-14-29(23)4/h6-14,16,21H,15H2,1-5H3,(H,27,31)(H,28,32)/t21-/m0/s1. The molecule has 0 bridgehead atoms. The topological polar surface area (TPSA) is 77.3 Å². The minimum absolute atomic E-state index is 0.301. The molecule has 172 valence electrons. The van der Waals surface area contributed by atoms with E-state index in [9.17, 15) is 9.59 Å². The van der Waals surface area contributed by atoms with Gasteiger partial charge in [-0.1, -0.05) is 24.3 Å². The van der Waals surface area contributed by atoms with Gasteiger partial charge in [-0.15, -0.1) is 0 Å². The van der Waals surface area contributed by atoms with Crippen molar-refractivity contribution in [3.8, 4) is 0 Å². The van der Waals surface area contributed by atoms with Gasteiger partial charge in [0.2, 0.25) is 5.91 Å². The minimum Gasteiger partial charge on any atom is -0.444 e. The van der Waals surface area contributed by atoms with E-state index >= 15 is 0 Å². The third-order valence-electron chi connectivity index (χ3n) is 5.60. The molecule has 2 heterocycles. The van der Waals surface area contributed by atoms with E-state index in [0.717, 1.165) is 27.4 Å². The summed E-state index contributed by atoms with van der Waals surface area (Å²) in [5.74, 6) is -0.301. The number of hydrogen-bond donors (Lipinski definition) is 2. The van der Waals surface area contributed by atoms with Gasteiger partial charge in [0, 0.05) is 54.7 Å². The number of aryl methyl sites for hydroxylation is 2. The number of amides is 2. The van der Waals surface area contributed by atoms with Crippen LogP contribution in [0.2, 0.25) is 0 Å². The van der Waals surface area contributed by atoms with Crippen molar-refractivity contribution in [2.75, 3.05) is 5.32 Å². The first-order valence-electron chi connectivity index (χ1n) is 11.0. The van der Waals surface area contributed by atoms with Gasteiger partial charge in [-0.05, 0) is 50.6 Å². The Hall–Kier alpha value is -3.74. The SMILES string of the molecule is Cn1cc(C[C@H](NC(=O)OC(C)(C)C)C(=O)Nc2cccc3c2ccn3C)c2ccccc21. The van der Waals surface area contributed by atoms with Crippen molar-refractivity contribution in [1.29, 1.82) is 0 Å². The van der Waals surface area contributed by atoms with Gasteiger partial charge in [-0.25, -0.2) is 4.79 Å². The molecule has 33 heavy (non-hydrogen) atoms. The number of hydrogen-bond acceptors (Lipinski definition) is 3. The molecule has 0 saturated carbocycles. The Morgan fingerprint density at radius 2 is 1.64 bits per heavy atom. The van der Waals surface area contributed by atoms with E-state index in [1.165, 1.54) is 0 Å². The van der Waals surface area contributed by atoms with Crippen LogP contribution in [-0.2, 0) is 30.0 Å². The number of anilines is 1. The zero-order valence-electron chi connectivity index (χ0n) is 19.7. The highest BCUT2D eigenvalue weighted by Crippen LogP contribution is 2.25. The van der Waals surface area contributed by atoms with Crippen LogP contribution in [-0.4, -0.2) is 32.8 Å². The predicted molar refractivity (Wildman–Crippen MR) is 131 cm³/mol. The van der Waals surface area contributed by atoms with Gasteiger partial charge in [0.25, 0.3) is 0 Å². The maximum atomic E-state index is 13.4. The molecular weight excluding hydrogens is 416 g/mol. The van der Waals surface area contributed by atoms with Crippen LogP contribution in [0, 0.1) is 0 Å². The minimum atomic E-state index is -0.815. The maximum Gasteiger partial charge on any atom is 0.408 e. The summed E-state index contributed by atoms with van der Waals surface area (Å²) in [5, 5.41) is 7.78. The molecule has 0 fully saturated rings. The molecule has 0 saturated heterocycles. The lowest BCUT2D eigenvalue weighted by atomic mass is 10.0. The molecule has 4 rings (SSSR count). The van der Waals surface area contributed by atoms with Crippen LogP contribution < -0.4 is 10.6 Å². The third-order valence-corrected chi connectivity index (χ3v) is 5.60. The molecule has 2 aromatic carbocycles. The van der Waals surface area contributed by atoms with Gasteiger partial charge in [0.1, 0.15) is 11.6 Å². The molecule has 1 atom stereocenters. The lowest BCUT2D eigenvalue weighted by Gasteiger charge is -2.23. The summed E-state index contributed by atoms with van der Waals surface area (Å²) in [5.41, 5.74) is 3.09. The fourth-order valence-corrected chi connectivity index (χ4v) is 4.10. The van der Waals surface area contributed by atoms with Crippen molar-refractivity contribution >= 4 is 39.5 Å². The first-order valence-corrected chi connectivity index (χ1v) is 11.0. The van der Waals surface area contributed by atoms with Gasteiger partial charge in [-0.3, -0.25) is 4.79 Å². The van der Waals surface area contributed by atoms with Crippen LogP contribution in [0.3, 0.4) is 0 Å². The molecule has 2 N–H and O–H groups in total. The number of aromatic nitrogens is 2. The molecule has 0 spiro atoms. The smallest absolute Gasteiger partial charge is 0.408 e. The summed E-state index contributed by atoms with van der Waals surface area (Å²) in [6.45, 7) is 5.38. The summed E-state index contributed by atoms with van der Waals surface area (Å²) in [7, 11) is 3.93. The van der Waals surface area contributed by atoms with Gasteiger partial charge in [-0.2, -0.15) is 0 Å². The van der Waals surface area contributed by atoms with Crippen LogP contribution in [0.25, 0.3) is 21.8 Å². The van der Waals surface area contributed by atoms with Crippen molar-refractivity contribution in [3.05, 3.63) is 66.5 Å². The Kier molecular flexibility index (Phi) is 5.89. The molecule has 2 amide bonds. The fraction of sp³-hybridized carbons (Fsp3) is 0.308. The number of ether oxygens (including phenoxy) is 1. The number of fused-ring (bicyclic) bond motifs is 2. The number of nitrogens with one attached hydrogen (secondary N) is 2. The Labute approximate surface area is 193 Å². The summed E-state index contributed by atoms with van der Waals surface area (Å²) in [4.78, 5) is 26.0. The Bertz CT molecular complexity index is 1330. The van der Waals surface area contributed by atoms with E-state index in [1.807, 2.05) is 84.2 Å². The van der Waals surface area contributed by atoms with Gasteiger partial charge >= 0.3 is 6.09 Å². The Morgan fingerprint density at radius 1 is 0.939 bits per heavy atom. The lowest BCUT2D eigenvalue weighted by molar-refractivity contribution is -0.118. The predicted octanol–water partition coefficient (Wildman–Crippen LogP) is 4.74. The summed E-state index contributed by atoms with van der Waals surface area (Å²) >= 11 is 0. The number of rotatable bonds is 5. The lowest BCUT2D eigenvalue weighted by Crippen LogP contribution is -2.47. The third kappa shape index (κ3) is 4.87. The van der Waals surface area contributed by atoms with Crippen LogP contribution in [0.5, 0.6) is 0 Å². The second-order valence-electron chi connectivity index (χ2n) is 9.34. The number of carbonyl (C=O) groups is 2. The van der Waals surface area contributed by atoms with E-state index in [0.29, 0.717) is 12.1 Å². The highest BCUT2D eigenvalue weighted by atomic mass is 16.6. The fourth-order valence-electron chi connectivity index (χ4n) is 4.10. The van der Waals surface area contributed by atoms with E-state index in [2.05, 4.69) is 10.6 Å². The van der Waals surface area contributed by atoms with Crippen molar-refractivity contribution in [2.24, 2.45) is 14.1 Å². The largest absolute Gasteiger partial charge is 0.444 e. The Morgan fingerprint density at radius 3 is 2.39 bits per heavy atom. The highest BCUT2D eigenvalue weighted by molar-refractivity contribution is 6.04. The number of alkyl carbamates (subject to hydrolysis) is 1. The van der Waals surface area contributed by atoms with Crippen LogP contribution >= 0.6 is 0 Å². The highest BCUT2D eigenvalue weighted by Gasteiger charge is 2.26. The van der Waals surface area contributed by atoms with E-state index in [-0.39, 0.29) is 5.91 Å². The van der Waals surface area contributed by atoms with Crippen molar-refractivity contribution in [2.45, 2.75) is 38.8 Å². The zero-order valence-corrected chi connectivity index (χ0v) is 19.7. The molecule has 0 aliphatic rings. The summed E-state index contributed by atoms with van der Waals surface area (Å²) < 4.78 is 9.46. The molecule has 0 radical (unpaired) electrons. The van der Waals surface area contributed by atoms with E-state index < -0.39 is 17.7 Å². The molecular formula is C26H30N4O3. The first-order chi connectivity index (χ1) is 15.6. The first kappa shape index (κ1) is 22.5. The second kappa shape index (κ2) is 8.65. The van der Waals surface area contributed by atoms with Crippen LogP contribution in [0.15, 0.2) is 60.9 Å². The normalized spacial score (nSPS) is 12.6. The van der Waals surface area contributed by atoms with Crippen LogP contribution in [0.1, 0.15) is 26.3 Å². The van der Waals surface area contributed by atoms with Crippen molar-refractivity contribution < 1.29 is 14.3 Å². The number of benzene rings is 2. The Balaban J connectivity index is 1.64. The molecule has 0 aliphatic heterocycles. The van der Waals surface area contributed by atoms with Crippen molar-refractivity contribution in [1.82, 2.24) is 14.5 Å². The molecule has 0 aliphatic carbocycles. The van der Waals surface area contributed by atoms with Gasteiger partial charge in [0.05, 0.1) is 5.69 Å². The van der Waals surface area contributed by atoms with Gasteiger partial charge < -0.3 is 24.5 Å². The van der Waals surface area contributed by atoms with Gasteiger partial charge in [0.15, 0.2) is 0 Å². The van der Waals surface area contributed by atoms with Crippen LogP contribution in [0.4, 0.5) is 10.5 Å². The van der Waals surface area contributed by atoms with Crippen molar-refractivity contribution in [3.63, 3.8) is 0 Å². The van der Waals surface area contributed by atoms with E-state index in [4.69, 9.17) is 4.74 Å². The average molecular weight is 447 g/mol. The molecule has 4 aromatic rings. The molecule has 2 aromatic heterocycles.